The first-order valence-corrected chi connectivity index (χ1v) is 7.73. The summed E-state index contributed by atoms with van der Waals surface area (Å²) in [5.74, 6) is 1.90. The van der Waals surface area contributed by atoms with E-state index < -0.39 is 0 Å². The zero-order chi connectivity index (χ0) is 13.1. The number of aryl methyl sites for hydroxylation is 1. The Morgan fingerprint density at radius 3 is 2.72 bits per heavy atom. The van der Waals surface area contributed by atoms with Crippen molar-refractivity contribution < 1.29 is 4.42 Å². The maximum Gasteiger partial charge on any atom is 0.125 e. The van der Waals surface area contributed by atoms with Crippen LogP contribution in [0, 0.1) is 10.5 Å². The highest BCUT2D eigenvalue weighted by Gasteiger charge is 2.19. The second-order valence-electron chi connectivity index (χ2n) is 4.10. The van der Waals surface area contributed by atoms with E-state index in [1.54, 1.807) is 0 Å². The summed E-state index contributed by atoms with van der Waals surface area (Å²) in [6, 6.07) is 10.5. The van der Waals surface area contributed by atoms with Crippen LogP contribution in [0.1, 0.15) is 30.0 Å². The molecule has 0 saturated heterocycles. The van der Waals surface area contributed by atoms with Crippen molar-refractivity contribution in [3.63, 3.8) is 0 Å². The van der Waals surface area contributed by atoms with Gasteiger partial charge in [-0.3, -0.25) is 0 Å². The molecule has 1 aromatic heterocycles. The minimum absolute atomic E-state index is 0.0905. The lowest BCUT2D eigenvalue weighted by molar-refractivity contribution is 0.434. The monoisotopic (exact) mass is 419 g/mol. The van der Waals surface area contributed by atoms with E-state index in [0.717, 1.165) is 22.5 Å². The minimum atomic E-state index is 0.0905. The number of hydrogen-bond donors (Lipinski definition) is 1. The van der Waals surface area contributed by atoms with Crippen molar-refractivity contribution in [3.05, 3.63) is 55.5 Å². The third-order valence-corrected chi connectivity index (χ3v) is 4.12. The highest BCUT2D eigenvalue weighted by atomic mass is 127. The molecular formula is C14H15BrINO. The molecule has 0 aliphatic heterocycles. The van der Waals surface area contributed by atoms with E-state index in [-0.39, 0.29) is 6.04 Å². The average molecular weight is 420 g/mol. The van der Waals surface area contributed by atoms with Gasteiger partial charge in [0.25, 0.3) is 0 Å². The Kier molecular flexibility index (Phi) is 4.86. The Balaban J connectivity index is 2.44. The lowest BCUT2D eigenvalue weighted by atomic mass is 10.0. The van der Waals surface area contributed by atoms with Crippen molar-refractivity contribution in [2.24, 2.45) is 0 Å². The van der Waals surface area contributed by atoms with Crippen LogP contribution in [0.4, 0.5) is 0 Å². The van der Waals surface area contributed by atoms with Gasteiger partial charge in [-0.15, -0.1) is 0 Å². The molecule has 1 atom stereocenters. The summed E-state index contributed by atoms with van der Waals surface area (Å²) >= 11 is 5.95. The van der Waals surface area contributed by atoms with Crippen LogP contribution in [-0.4, -0.2) is 6.54 Å². The number of nitrogens with one attached hydrogen (secondary N) is 1. The molecule has 18 heavy (non-hydrogen) atoms. The lowest BCUT2D eigenvalue weighted by Crippen LogP contribution is -2.22. The van der Waals surface area contributed by atoms with Crippen LogP contribution in [-0.2, 0) is 0 Å². The number of hydrogen-bond acceptors (Lipinski definition) is 2. The number of rotatable bonds is 4. The quantitative estimate of drug-likeness (QED) is 0.729. The van der Waals surface area contributed by atoms with E-state index >= 15 is 0 Å². The molecule has 0 amide bonds. The summed E-state index contributed by atoms with van der Waals surface area (Å²) in [6.07, 6.45) is 0. The molecule has 0 aliphatic rings. The summed E-state index contributed by atoms with van der Waals surface area (Å²) in [6.45, 7) is 4.96. The minimum Gasteiger partial charge on any atom is -0.464 e. The van der Waals surface area contributed by atoms with Gasteiger partial charge in [-0.25, -0.2) is 0 Å². The number of furan rings is 1. The second kappa shape index (κ2) is 6.21. The summed E-state index contributed by atoms with van der Waals surface area (Å²) < 4.78 is 8.08. The predicted molar refractivity (Wildman–Crippen MR) is 85.8 cm³/mol. The molecule has 4 heteroatoms. The van der Waals surface area contributed by atoms with E-state index in [1.165, 1.54) is 9.13 Å². The van der Waals surface area contributed by atoms with Gasteiger partial charge in [-0.1, -0.05) is 22.9 Å². The number of benzene rings is 1. The molecule has 1 heterocycles. The Bertz CT molecular complexity index is 538. The third-order valence-electron chi connectivity index (χ3n) is 2.72. The Hall–Kier alpha value is -0.330. The molecule has 0 fully saturated rings. The summed E-state index contributed by atoms with van der Waals surface area (Å²) in [5.41, 5.74) is 1.21. The van der Waals surface area contributed by atoms with Crippen molar-refractivity contribution in [3.8, 4) is 0 Å². The summed E-state index contributed by atoms with van der Waals surface area (Å²) in [4.78, 5) is 0. The van der Waals surface area contributed by atoms with Crippen molar-refractivity contribution >= 4 is 38.5 Å². The molecule has 0 spiro atoms. The fraction of sp³-hybridized carbons (Fsp3) is 0.286. The van der Waals surface area contributed by atoms with Gasteiger partial charge in [-0.05, 0) is 72.0 Å². The Morgan fingerprint density at radius 2 is 2.11 bits per heavy atom. The molecule has 1 aromatic carbocycles. The fourth-order valence-corrected chi connectivity index (χ4v) is 2.90. The van der Waals surface area contributed by atoms with Crippen molar-refractivity contribution in [1.29, 1.82) is 0 Å². The van der Waals surface area contributed by atoms with Crippen molar-refractivity contribution in [2.45, 2.75) is 19.9 Å². The third kappa shape index (κ3) is 3.16. The Labute approximate surface area is 129 Å². The Morgan fingerprint density at radius 1 is 1.33 bits per heavy atom. The van der Waals surface area contributed by atoms with Crippen LogP contribution in [0.15, 0.2) is 39.2 Å². The van der Waals surface area contributed by atoms with Crippen LogP contribution < -0.4 is 5.32 Å². The molecule has 96 valence electrons. The van der Waals surface area contributed by atoms with Gasteiger partial charge in [0.05, 0.1) is 6.04 Å². The second-order valence-corrected chi connectivity index (χ2v) is 6.20. The van der Waals surface area contributed by atoms with Gasteiger partial charge >= 0.3 is 0 Å². The molecule has 2 nitrogen and oxygen atoms in total. The van der Waals surface area contributed by atoms with Crippen molar-refractivity contribution in [1.82, 2.24) is 5.32 Å². The van der Waals surface area contributed by atoms with Gasteiger partial charge in [0.15, 0.2) is 0 Å². The fourth-order valence-electron chi connectivity index (χ4n) is 1.91. The molecular weight excluding hydrogens is 405 g/mol. The van der Waals surface area contributed by atoms with E-state index in [2.05, 4.69) is 69.0 Å². The molecule has 0 bridgehead atoms. The van der Waals surface area contributed by atoms with Gasteiger partial charge in [0.2, 0.25) is 0 Å². The first-order chi connectivity index (χ1) is 8.61. The SMILES string of the molecule is CCNC(c1ccc(C)o1)c1cc(I)ccc1Br. The van der Waals surface area contributed by atoms with Gasteiger partial charge < -0.3 is 9.73 Å². The van der Waals surface area contributed by atoms with Crippen molar-refractivity contribution in [2.75, 3.05) is 6.54 Å². The standard InChI is InChI=1S/C14H15BrINO/c1-3-17-14(13-7-4-9(2)18-13)11-8-10(16)5-6-12(11)15/h4-8,14,17H,3H2,1-2H3. The maximum absolute atomic E-state index is 5.76. The highest BCUT2D eigenvalue weighted by molar-refractivity contribution is 14.1. The van der Waals surface area contributed by atoms with Crippen LogP contribution in [0.25, 0.3) is 0 Å². The predicted octanol–water partition coefficient (Wildman–Crippen LogP) is 4.65. The van der Waals surface area contributed by atoms with Crippen LogP contribution >= 0.6 is 38.5 Å². The van der Waals surface area contributed by atoms with Gasteiger partial charge in [0, 0.05) is 8.04 Å². The average Bonchev–Trinajstić information content (AvgIpc) is 2.76. The molecule has 0 aliphatic carbocycles. The summed E-state index contributed by atoms with van der Waals surface area (Å²) in [7, 11) is 0. The smallest absolute Gasteiger partial charge is 0.125 e. The molecule has 0 radical (unpaired) electrons. The molecule has 1 N–H and O–H groups in total. The lowest BCUT2D eigenvalue weighted by Gasteiger charge is -2.18. The van der Waals surface area contributed by atoms with E-state index in [0.29, 0.717) is 0 Å². The van der Waals surface area contributed by atoms with E-state index in [1.807, 2.05) is 19.1 Å². The van der Waals surface area contributed by atoms with Crippen LogP contribution in [0.5, 0.6) is 0 Å². The maximum atomic E-state index is 5.76. The largest absolute Gasteiger partial charge is 0.464 e. The summed E-state index contributed by atoms with van der Waals surface area (Å²) in [5, 5.41) is 3.47. The molecule has 0 saturated carbocycles. The van der Waals surface area contributed by atoms with Crippen LogP contribution in [0.3, 0.4) is 0 Å². The molecule has 2 rings (SSSR count). The number of halogens is 2. The zero-order valence-corrected chi connectivity index (χ0v) is 14.1. The van der Waals surface area contributed by atoms with Crippen LogP contribution in [0.2, 0.25) is 0 Å². The highest BCUT2D eigenvalue weighted by Crippen LogP contribution is 2.30. The van der Waals surface area contributed by atoms with E-state index in [4.69, 9.17) is 4.42 Å². The van der Waals surface area contributed by atoms with Gasteiger partial charge in [0.1, 0.15) is 11.5 Å². The first-order valence-electron chi connectivity index (χ1n) is 5.86. The van der Waals surface area contributed by atoms with Gasteiger partial charge in [-0.2, -0.15) is 0 Å². The molecule has 1 unspecified atom stereocenters. The van der Waals surface area contributed by atoms with E-state index in [9.17, 15) is 0 Å². The topological polar surface area (TPSA) is 25.2 Å². The molecule has 2 aromatic rings. The first kappa shape index (κ1) is 14.1. The zero-order valence-electron chi connectivity index (χ0n) is 10.3. The normalized spacial score (nSPS) is 12.7.